The van der Waals surface area contributed by atoms with Crippen LogP contribution in [0.5, 0.6) is 0 Å². The Morgan fingerprint density at radius 2 is 2.16 bits per heavy atom. The second-order valence-electron chi connectivity index (χ2n) is 5.05. The summed E-state index contributed by atoms with van der Waals surface area (Å²) in [5, 5.41) is 1.12. The van der Waals surface area contributed by atoms with Crippen molar-refractivity contribution in [2.45, 2.75) is 26.8 Å². The van der Waals surface area contributed by atoms with Crippen molar-refractivity contribution in [3.63, 3.8) is 0 Å². The first-order valence-corrected chi connectivity index (χ1v) is 7.25. The van der Waals surface area contributed by atoms with E-state index < -0.39 is 0 Å². The van der Waals surface area contributed by atoms with E-state index in [0.717, 1.165) is 21.8 Å². The Labute approximate surface area is 121 Å². The monoisotopic (exact) mass is 323 g/mol. The summed E-state index contributed by atoms with van der Waals surface area (Å²) in [6, 6.07) is 8.02. The predicted molar refractivity (Wildman–Crippen MR) is 80.1 cm³/mol. The van der Waals surface area contributed by atoms with Gasteiger partial charge in [-0.05, 0) is 36.6 Å². The Balaban J connectivity index is 1.99. The molecule has 0 unspecified atom stereocenters. The minimum absolute atomic E-state index is 0.180. The van der Waals surface area contributed by atoms with Gasteiger partial charge in [0.15, 0.2) is 0 Å². The average Bonchev–Trinajstić information content (AvgIpc) is 2.71. The summed E-state index contributed by atoms with van der Waals surface area (Å²) in [7, 11) is 0. The maximum Gasteiger partial charge on any atom is 0.325 e. The van der Waals surface area contributed by atoms with Crippen molar-refractivity contribution in [1.29, 1.82) is 0 Å². The number of carbonyl (C=O) groups is 1. The number of fused-ring (bicyclic) bond motifs is 1. The van der Waals surface area contributed by atoms with Crippen LogP contribution in [0.25, 0.3) is 10.9 Å². The van der Waals surface area contributed by atoms with E-state index in [2.05, 4.69) is 29.8 Å². The lowest BCUT2D eigenvalue weighted by atomic mass is 10.1. The quantitative estimate of drug-likeness (QED) is 0.779. The Morgan fingerprint density at radius 1 is 1.37 bits per heavy atom. The number of halogens is 1. The number of carbonyl (C=O) groups excluding carboxylic acids is 1. The van der Waals surface area contributed by atoms with Crippen LogP contribution in [-0.4, -0.2) is 17.1 Å². The molecule has 3 nitrogen and oxygen atoms in total. The molecule has 102 valence electrons. The van der Waals surface area contributed by atoms with Gasteiger partial charge in [-0.15, -0.1) is 0 Å². The van der Waals surface area contributed by atoms with Crippen molar-refractivity contribution in [2.24, 2.45) is 5.92 Å². The van der Waals surface area contributed by atoms with Gasteiger partial charge < -0.3 is 9.30 Å². The molecule has 0 fully saturated rings. The molecule has 0 radical (unpaired) electrons. The molecule has 0 atom stereocenters. The molecule has 1 heterocycles. The summed E-state index contributed by atoms with van der Waals surface area (Å²) in [5.74, 6) is 0.374. The second kappa shape index (κ2) is 6.24. The molecule has 0 saturated heterocycles. The van der Waals surface area contributed by atoms with E-state index in [1.165, 1.54) is 0 Å². The van der Waals surface area contributed by atoms with Crippen LogP contribution in [0.15, 0.2) is 34.9 Å². The summed E-state index contributed by atoms with van der Waals surface area (Å²) in [5.41, 5.74) is 1.05. The SMILES string of the molecule is CC(C)CCOC(=O)Cn1ccc2cc(Br)ccc21. The summed E-state index contributed by atoms with van der Waals surface area (Å²) >= 11 is 3.44. The van der Waals surface area contributed by atoms with Crippen LogP contribution in [0.1, 0.15) is 20.3 Å². The fourth-order valence-corrected chi connectivity index (χ4v) is 2.28. The van der Waals surface area contributed by atoms with Crippen molar-refractivity contribution in [1.82, 2.24) is 4.57 Å². The van der Waals surface area contributed by atoms with Crippen LogP contribution < -0.4 is 0 Å². The lowest BCUT2D eigenvalue weighted by molar-refractivity contribution is -0.144. The first-order valence-electron chi connectivity index (χ1n) is 6.46. The van der Waals surface area contributed by atoms with Gasteiger partial charge in [-0.3, -0.25) is 4.79 Å². The van der Waals surface area contributed by atoms with Gasteiger partial charge >= 0.3 is 5.97 Å². The van der Waals surface area contributed by atoms with Crippen LogP contribution in [0, 0.1) is 5.92 Å². The van der Waals surface area contributed by atoms with Gasteiger partial charge in [-0.25, -0.2) is 0 Å². The van der Waals surface area contributed by atoms with Crippen molar-refractivity contribution in [3.05, 3.63) is 34.9 Å². The van der Waals surface area contributed by atoms with Crippen molar-refractivity contribution in [3.8, 4) is 0 Å². The Bertz CT molecular complexity index is 575. The van der Waals surface area contributed by atoms with Crippen LogP contribution in [0.2, 0.25) is 0 Å². The fourth-order valence-electron chi connectivity index (χ4n) is 1.90. The molecule has 0 saturated carbocycles. The third-order valence-corrected chi connectivity index (χ3v) is 3.48. The predicted octanol–water partition coefficient (Wildman–Crippen LogP) is 3.99. The highest BCUT2D eigenvalue weighted by molar-refractivity contribution is 9.10. The zero-order chi connectivity index (χ0) is 13.8. The fraction of sp³-hybridized carbons (Fsp3) is 0.400. The van der Waals surface area contributed by atoms with E-state index in [1.807, 2.05) is 35.0 Å². The maximum absolute atomic E-state index is 11.8. The highest BCUT2D eigenvalue weighted by atomic mass is 79.9. The molecule has 2 aromatic rings. The zero-order valence-corrected chi connectivity index (χ0v) is 12.8. The summed E-state index contributed by atoms with van der Waals surface area (Å²) in [4.78, 5) is 11.8. The van der Waals surface area contributed by atoms with Gasteiger partial charge in [0.1, 0.15) is 6.54 Å². The minimum atomic E-state index is -0.180. The van der Waals surface area contributed by atoms with E-state index in [0.29, 0.717) is 12.5 Å². The Kier molecular flexibility index (Phi) is 4.64. The molecule has 0 N–H and O–H groups in total. The lowest BCUT2D eigenvalue weighted by Gasteiger charge is -2.08. The molecule has 4 heteroatoms. The van der Waals surface area contributed by atoms with E-state index in [1.54, 1.807) is 0 Å². The molecule has 0 spiro atoms. The van der Waals surface area contributed by atoms with Crippen molar-refractivity contribution in [2.75, 3.05) is 6.61 Å². The number of esters is 1. The first-order chi connectivity index (χ1) is 9.06. The first kappa shape index (κ1) is 14.1. The minimum Gasteiger partial charge on any atom is -0.464 e. The Hall–Kier alpha value is -1.29. The molecular weight excluding hydrogens is 306 g/mol. The van der Waals surface area contributed by atoms with Crippen molar-refractivity contribution < 1.29 is 9.53 Å². The second-order valence-corrected chi connectivity index (χ2v) is 5.97. The molecule has 1 aromatic heterocycles. The number of nitrogens with zero attached hydrogens (tertiary/aromatic N) is 1. The van der Waals surface area contributed by atoms with E-state index in [9.17, 15) is 4.79 Å². The summed E-state index contributed by atoms with van der Waals surface area (Å²) < 4.78 is 8.19. The molecule has 0 bridgehead atoms. The Morgan fingerprint density at radius 3 is 2.89 bits per heavy atom. The van der Waals surface area contributed by atoms with E-state index in [4.69, 9.17) is 4.74 Å². The molecule has 2 rings (SSSR count). The van der Waals surface area contributed by atoms with Crippen LogP contribution in [0.3, 0.4) is 0 Å². The summed E-state index contributed by atoms with van der Waals surface area (Å²) in [6.07, 6.45) is 2.83. The smallest absolute Gasteiger partial charge is 0.325 e. The molecule has 0 aliphatic carbocycles. The molecule has 19 heavy (non-hydrogen) atoms. The third-order valence-electron chi connectivity index (χ3n) is 2.99. The molecular formula is C15H18BrNO2. The van der Waals surface area contributed by atoms with Crippen LogP contribution in [-0.2, 0) is 16.1 Å². The molecule has 0 aliphatic heterocycles. The third kappa shape index (κ3) is 3.83. The number of hydrogen-bond acceptors (Lipinski definition) is 2. The molecule has 0 amide bonds. The van der Waals surface area contributed by atoms with Crippen LogP contribution in [0.4, 0.5) is 0 Å². The van der Waals surface area contributed by atoms with Gasteiger partial charge in [0, 0.05) is 21.6 Å². The van der Waals surface area contributed by atoms with Crippen LogP contribution >= 0.6 is 15.9 Å². The zero-order valence-electron chi connectivity index (χ0n) is 11.2. The number of ether oxygens (including phenoxy) is 1. The number of benzene rings is 1. The standard InChI is InChI=1S/C15H18BrNO2/c1-11(2)6-8-19-15(18)10-17-7-5-12-9-13(16)3-4-14(12)17/h3-5,7,9,11H,6,8,10H2,1-2H3. The highest BCUT2D eigenvalue weighted by Crippen LogP contribution is 2.20. The van der Waals surface area contributed by atoms with E-state index in [-0.39, 0.29) is 12.5 Å². The van der Waals surface area contributed by atoms with Gasteiger partial charge in [0.25, 0.3) is 0 Å². The molecule has 0 aliphatic rings. The van der Waals surface area contributed by atoms with Gasteiger partial charge in [0.2, 0.25) is 0 Å². The largest absolute Gasteiger partial charge is 0.464 e. The van der Waals surface area contributed by atoms with Gasteiger partial charge in [-0.1, -0.05) is 29.8 Å². The number of aromatic nitrogens is 1. The number of hydrogen-bond donors (Lipinski definition) is 0. The maximum atomic E-state index is 11.8. The lowest BCUT2D eigenvalue weighted by Crippen LogP contribution is -2.14. The topological polar surface area (TPSA) is 31.2 Å². The summed E-state index contributed by atoms with van der Waals surface area (Å²) in [6.45, 7) is 5.00. The number of rotatable bonds is 5. The van der Waals surface area contributed by atoms with Gasteiger partial charge in [0.05, 0.1) is 6.61 Å². The van der Waals surface area contributed by atoms with Gasteiger partial charge in [-0.2, -0.15) is 0 Å². The average molecular weight is 324 g/mol. The highest BCUT2D eigenvalue weighted by Gasteiger charge is 2.08. The van der Waals surface area contributed by atoms with Crippen molar-refractivity contribution >= 4 is 32.8 Å². The van der Waals surface area contributed by atoms with E-state index >= 15 is 0 Å². The molecule has 1 aromatic carbocycles. The normalized spacial score (nSPS) is 11.2.